The van der Waals surface area contributed by atoms with Crippen LogP contribution in [0.5, 0.6) is 0 Å². The third-order valence-corrected chi connectivity index (χ3v) is 3.53. The minimum atomic E-state index is -0.228. The normalized spacial score (nSPS) is 10.6. The van der Waals surface area contributed by atoms with E-state index in [1.165, 1.54) is 23.3 Å². The van der Waals surface area contributed by atoms with Gasteiger partial charge in [0.2, 0.25) is 0 Å². The van der Waals surface area contributed by atoms with Gasteiger partial charge >= 0.3 is 0 Å². The van der Waals surface area contributed by atoms with E-state index >= 15 is 0 Å². The molecule has 0 unspecified atom stereocenters. The molecular formula is C14H14BrFN2. The smallest absolute Gasteiger partial charge is 0.124 e. The summed E-state index contributed by atoms with van der Waals surface area (Å²) in [6, 6.07) is 6.72. The van der Waals surface area contributed by atoms with Crippen LogP contribution in [0.4, 0.5) is 4.39 Å². The fourth-order valence-corrected chi connectivity index (χ4v) is 2.17. The summed E-state index contributed by atoms with van der Waals surface area (Å²) in [6.07, 6.45) is 3.65. The van der Waals surface area contributed by atoms with E-state index in [-0.39, 0.29) is 5.82 Å². The van der Waals surface area contributed by atoms with E-state index in [0.717, 1.165) is 16.6 Å². The van der Waals surface area contributed by atoms with E-state index in [1.807, 2.05) is 12.3 Å². The summed E-state index contributed by atoms with van der Waals surface area (Å²) < 4.78 is 13.7. The van der Waals surface area contributed by atoms with Crippen LogP contribution in [0.2, 0.25) is 0 Å². The number of hydrogen-bond acceptors (Lipinski definition) is 2. The lowest BCUT2D eigenvalue weighted by Crippen LogP contribution is -2.14. The molecule has 94 valence electrons. The Balaban J connectivity index is 1.95. The van der Waals surface area contributed by atoms with Crippen molar-refractivity contribution in [1.29, 1.82) is 0 Å². The summed E-state index contributed by atoms with van der Waals surface area (Å²) in [5, 5.41) is 3.33. The first-order chi connectivity index (χ1) is 8.66. The van der Waals surface area contributed by atoms with Crippen molar-refractivity contribution < 1.29 is 4.39 Å². The summed E-state index contributed by atoms with van der Waals surface area (Å²) in [4.78, 5) is 4.10. The predicted octanol–water partition coefficient (Wildman–Crippen LogP) is 3.58. The van der Waals surface area contributed by atoms with Gasteiger partial charge in [0.1, 0.15) is 5.82 Å². The number of nitrogens with one attached hydrogen (secondary N) is 1. The lowest BCUT2D eigenvalue weighted by Gasteiger charge is -2.08. The van der Waals surface area contributed by atoms with E-state index in [4.69, 9.17) is 0 Å². The Morgan fingerprint density at radius 2 is 2.00 bits per heavy atom. The Morgan fingerprint density at radius 1 is 1.22 bits per heavy atom. The minimum Gasteiger partial charge on any atom is -0.309 e. The monoisotopic (exact) mass is 308 g/mol. The number of rotatable bonds is 4. The Hall–Kier alpha value is -1.26. The molecule has 4 heteroatoms. The van der Waals surface area contributed by atoms with Gasteiger partial charge in [-0.2, -0.15) is 0 Å². The molecule has 2 rings (SSSR count). The Kier molecular flexibility index (Phi) is 4.44. The number of nitrogens with zero attached hydrogens (tertiary/aromatic N) is 1. The molecule has 18 heavy (non-hydrogen) atoms. The van der Waals surface area contributed by atoms with Gasteiger partial charge in [-0.25, -0.2) is 4.39 Å². The second-order valence-corrected chi connectivity index (χ2v) is 5.00. The second kappa shape index (κ2) is 6.07. The molecule has 1 N–H and O–H groups in total. The molecule has 0 aliphatic carbocycles. The highest BCUT2D eigenvalue weighted by atomic mass is 79.9. The molecule has 0 fully saturated rings. The second-order valence-electron chi connectivity index (χ2n) is 4.14. The van der Waals surface area contributed by atoms with Gasteiger partial charge in [-0.3, -0.25) is 4.98 Å². The molecule has 0 radical (unpaired) electrons. The van der Waals surface area contributed by atoms with Gasteiger partial charge in [-0.1, -0.05) is 22.0 Å². The van der Waals surface area contributed by atoms with Crippen LogP contribution in [0.3, 0.4) is 0 Å². The van der Waals surface area contributed by atoms with E-state index < -0.39 is 0 Å². The van der Waals surface area contributed by atoms with Crippen molar-refractivity contribution in [1.82, 2.24) is 10.3 Å². The number of aromatic nitrogens is 1. The first-order valence-corrected chi connectivity index (χ1v) is 6.50. The molecule has 1 heterocycles. The highest BCUT2D eigenvalue weighted by Crippen LogP contribution is 2.18. The van der Waals surface area contributed by atoms with Crippen LogP contribution in [0.1, 0.15) is 16.7 Å². The van der Waals surface area contributed by atoms with Crippen molar-refractivity contribution in [3.63, 3.8) is 0 Å². The first kappa shape index (κ1) is 13.2. The van der Waals surface area contributed by atoms with Gasteiger partial charge in [0.05, 0.1) is 0 Å². The van der Waals surface area contributed by atoms with Gasteiger partial charge in [0, 0.05) is 30.0 Å². The maximum atomic E-state index is 12.9. The molecule has 0 amide bonds. The van der Waals surface area contributed by atoms with E-state index in [0.29, 0.717) is 6.54 Å². The fourth-order valence-electron chi connectivity index (χ4n) is 1.68. The molecule has 0 aliphatic rings. The predicted molar refractivity (Wildman–Crippen MR) is 73.6 cm³/mol. The molecule has 0 atom stereocenters. The molecule has 1 aromatic heterocycles. The topological polar surface area (TPSA) is 24.9 Å². The van der Waals surface area contributed by atoms with Crippen LogP contribution in [-0.4, -0.2) is 4.98 Å². The van der Waals surface area contributed by atoms with Crippen molar-refractivity contribution in [2.45, 2.75) is 20.0 Å². The van der Waals surface area contributed by atoms with E-state index in [2.05, 4.69) is 33.2 Å². The molecular weight excluding hydrogens is 295 g/mol. The summed E-state index contributed by atoms with van der Waals surface area (Å²) in [7, 11) is 0. The van der Waals surface area contributed by atoms with Crippen LogP contribution in [0.25, 0.3) is 0 Å². The third-order valence-electron chi connectivity index (χ3n) is 2.79. The quantitative estimate of drug-likeness (QED) is 0.934. The van der Waals surface area contributed by atoms with Crippen molar-refractivity contribution in [3.8, 4) is 0 Å². The number of pyridine rings is 1. The summed E-state index contributed by atoms with van der Waals surface area (Å²) in [5.74, 6) is -0.228. The number of hydrogen-bond donors (Lipinski definition) is 1. The lowest BCUT2D eigenvalue weighted by atomic mass is 10.1. The summed E-state index contributed by atoms with van der Waals surface area (Å²) in [6.45, 7) is 3.51. The molecule has 2 aromatic rings. The summed E-state index contributed by atoms with van der Waals surface area (Å²) >= 11 is 3.36. The SMILES string of the molecule is Cc1ccncc1CNCc1ccc(F)cc1Br. The highest BCUT2D eigenvalue weighted by Gasteiger charge is 2.02. The number of benzene rings is 1. The number of halogens is 2. The molecule has 0 spiro atoms. The average molecular weight is 309 g/mol. The Morgan fingerprint density at radius 3 is 2.72 bits per heavy atom. The largest absolute Gasteiger partial charge is 0.309 e. The maximum Gasteiger partial charge on any atom is 0.124 e. The zero-order valence-electron chi connectivity index (χ0n) is 10.1. The summed E-state index contributed by atoms with van der Waals surface area (Å²) in [5.41, 5.74) is 3.43. The van der Waals surface area contributed by atoms with Gasteiger partial charge in [0.15, 0.2) is 0 Å². The van der Waals surface area contributed by atoms with Crippen molar-refractivity contribution in [2.75, 3.05) is 0 Å². The molecule has 0 saturated carbocycles. The zero-order chi connectivity index (χ0) is 13.0. The molecule has 0 aliphatic heterocycles. The lowest BCUT2D eigenvalue weighted by molar-refractivity contribution is 0.623. The third kappa shape index (κ3) is 3.37. The van der Waals surface area contributed by atoms with Crippen LogP contribution in [0.15, 0.2) is 41.1 Å². The van der Waals surface area contributed by atoms with Crippen molar-refractivity contribution in [2.24, 2.45) is 0 Å². The van der Waals surface area contributed by atoms with Gasteiger partial charge in [-0.05, 0) is 41.8 Å². The van der Waals surface area contributed by atoms with E-state index in [1.54, 1.807) is 12.3 Å². The molecule has 0 saturated heterocycles. The van der Waals surface area contributed by atoms with E-state index in [9.17, 15) is 4.39 Å². The zero-order valence-corrected chi connectivity index (χ0v) is 11.7. The maximum absolute atomic E-state index is 12.9. The standard InChI is InChI=1S/C14H14BrFN2/c1-10-4-5-17-8-12(10)9-18-7-11-2-3-13(16)6-14(11)15/h2-6,8,18H,7,9H2,1H3. The van der Waals surface area contributed by atoms with Gasteiger partial charge in [-0.15, -0.1) is 0 Å². The fraction of sp³-hybridized carbons (Fsp3) is 0.214. The van der Waals surface area contributed by atoms with Crippen LogP contribution in [0, 0.1) is 12.7 Å². The average Bonchev–Trinajstić information content (AvgIpc) is 2.34. The molecule has 1 aromatic carbocycles. The Labute approximate surface area is 114 Å². The highest BCUT2D eigenvalue weighted by molar-refractivity contribution is 9.10. The number of aryl methyl sites for hydroxylation is 1. The van der Waals surface area contributed by atoms with Crippen LogP contribution < -0.4 is 5.32 Å². The van der Waals surface area contributed by atoms with Crippen LogP contribution >= 0.6 is 15.9 Å². The van der Waals surface area contributed by atoms with Crippen molar-refractivity contribution >= 4 is 15.9 Å². The van der Waals surface area contributed by atoms with Gasteiger partial charge in [0.25, 0.3) is 0 Å². The first-order valence-electron chi connectivity index (χ1n) is 5.71. The van der Waals surface area contributed by atoms with Gasteiger partial charge < -0.3 is 5.32 Å². The van der Waals surface area contributed by atoms with Crippen molar-refractivity contribution in [3.05, 3.63) is 63.6 Å². The molecule has 0 bridgehead atoms. The Bertz CT molecular complexity index is 543. The van der Waals surface area contributed by atoms with Crippen LogP contribution in [-0.2, 0) is 13.1 Å². The molecule has 2 nitrogen and oxygen atoms in total. The minimum absolute atomic E-state index is 0.228.